The summed E-state index contributed by atoms with van der Waals surface area (Å²) in [5, 5.41) is 3.64. The molecule has 1 N–H and O–H groups in total. The molecule has 3 rings (SSSR count). The molecule has 4 heteroatoms. The van der Waals surface area contributed by atoms with Gasteiger partial charge in [0.25, 0.3) is 0 Å². The van der Waals surface area contributed by atoms with E-state index in [1.807, 2.05) is 0 Å². The molecule has 2 aliphatic heterocycles. The van der Waals surface area contributed by atoms with Crippen molar-refractivity contribution in [3.63, 3.8) is 0 Å². The highest BCUT2D eigenvalue weighted by molar-refractivity contribution is 5.07. The number of furan rings is 1. The molecule has 0 spiro atoms. The van der Waals surface area contributed by atoms with Crippen molar-refractivity contribution in [2.75, 3.05) is 32.8 Å². The molecular weight excluding hydrogens is 264 g/mol. The van der Waals surface area contributed by atoms with Crippen molar-refractivity contribution in [2.45, 2.75) is 51.1 Å². The Morgan fingerprint density at radius 1 is 1.14 bits per heavy atom. The second kappa shape index (κ2) is 6.95. The molecule has 0 unspecified atom stereocenters. The minimum atomic E-state index is 0.301. The Hall–Kier alpha value is -0.840. The lowest BCUT2D eigenvalue weighted by Gasteiger charge is -2.44. The smallest absolute Gasteiger partial charge is 0.117 e. The van der Waals surface area contributed by atoms with Crippen LogP contribution in [0.5, 0.6) is 0 Å². The third-order valence-corrected chi connectivity index (χ3v) is 5.02. The monoisotopic (exact) mass is 292 g/mol. The summed E-state index contributed by atoms with van der Waals surface area (Å²) in [6.45, 7) is 8.30. The molecule has 1 aromatic rings. The van der Waals surface area contributed by atoms with Crippen molar-refractivity contribution in [3.05, 3.63) is 23.7 Å². The second-order valence-corrected chi connectivity index (χ2v) is 6.36. The molecule has 21 heavy (non-hydrogen) atoms. The minimum Gasteiger partial charge on any atom is -0.465 e. The third kappa shape index (κ3) is 3.50. The first-order chi connectivity index (χ1) is 10.3. The van der Waals surface area contributed by atoms with Crippen LogP contribution in [0.25, 0.3) is 0 Å². The summed E-state index contributed by atoms with van der Waals surface area (Å²) in [6, 6.07) is 4.18. The largest absolute Gasteiger partial charge is 0.465 e. The molecule has 0 radical (unpaired) electrons. The lowest BCUT2D eigenvalue weighted by molar-refractivity contribution is -0.0187. The first-order valence-corrected chi connectivity index (χ1v) is 8.43. The van der Waals surface area contributed by atoms with Crippen molar-refractivity contribution in [1.29, 1.82) is 0 Å². The first kappa shape index (κ1) is 15.1. The molecular formula is C17H28N2O2. The quantitative estimate of drug-likeness (QED) is 0.874. The van der Waals surface area contributed by atoms with E-state index in [0.29, 0.717) is 5.54 Å². The van der Waals surface area contributed by atoms with Crippen LogP contribution in [0.4, 0.5) is 0 Å². The number of nitrogens with one attached hydrogen (secondary N) is 1. The van der Waals surface area contributed by atoms with Crippen LogP contribution >= 0.6 is 0 Å². The van der Waals surface area contributed by atoms with E-state index >= 15 is 0 Å². The van der Waals surface area contributed by atoms with Crippen LogP contribution in [-0.4, -0.2) is 43.3 Å². The molecule has 0 saturated carbocycles. The van der Waals surface area contributed by atoms with Gasteiger partial charge in [-0.2, -0.15) is 0 Å². The first-order valence-electron chi connectivity index (χ1n) is 8.43. The molecule has 0 aromatic carbocycles. The molecule has 118 valence electrons. The van der Waals surface area contributed by atoms with Gasteiger partial charge in [-0.15, -0.1) is 0 Å². The fraction of sp³-hybridized carbons (Fsp3) is 0.765. The summed E-state index contributed by atoms with van der Waals surface area (Å²) < 4.78 is 11.4. The van der Waals surface area contributed by atoms with Crippen molar-refractivity contribution in [1.82, 2.24) is 10.2 Å². The van der Waals surface area contributed by atoms with Gasteiger partial charge in [0.05, 0.1) is 6.54 Å². The van der Waals surface area contributed by atoms with Gasteiger partial charge in [-0.25, -0.2) is 0 Å². The normalized spacial score (nSPS) is 22.7. The van der Waals surface area contributed by atoms with E-state index in [-0.39, 0.29) is 0 Å². The zero-order chi connectivity index (χ0) is 14.5. The fourth-order valence-electron chi connectivity index (χ4n) is 3.67. The molecule has 0 atom stereocenters. The second-order valence-electron chi connectivity index (χ2n) is 6.36. The SMILES string of the molecule is CCc1ccc(CNCC2(N3CCCC3)CCOCC2)o1. The molecule has 2 fully saturated rings. The third-order valence-electron chi connectivity index (χ3n) is 5.02. The topological polar surface area (TPSA) is 37.6 Å². The van der Waals surface area contributed by atoms with E-state index in [0.717, 1.165) is 57.1 Å². The Balaban J connectivity index is 1.56. The summed E-state index contributed by atoms with van der Waals surface area (Å²) in [5.41, 5.74) is 0.301. The molecule has 1 aromatic heterocycles. The number of hydrogen-bond donors (Lipinski definition) is 1. The van der Waals surface area contributed by atoms with E-state index in [2.05, 4.69) is 29.3 Å². The highest BCUT2D eigenvalue weighted by Gasteiger charge is 2.39. The Morgan fingerprint density at radius 2 is 1.86 bits per heavy atom. The Bertz CT molecular complexity index is 432. The van der Waals surface area contributed by atoms with Crippen LogP contribution in [0.15, 0.2) is 16.5 Å². The summed E-state index contributed by atoms with van der Waals surface area (Å²) in [5.74, 6) is 2.13. The fourth-order valence-corrected chi connectivity index (χ4v) is 3.67. The van der Waals surface area contributed by atoms with Gasteiger partial charge in [0, 0.05) is 31.7 Å². The predicted octanol–water partition coefficient (Wildman–Crippen LogP) is 2.58. The summed E-state index contributed by atoms with van der Waals surface area (Å²) >= 11 is 0. The van der Waals surface area contributed by atoms with Crippen LogP contribution in [-0.2, 0) is 17.7 Å². The van der Waals surface area contributed by atoms with Crippen LogP contribution in [0.1, 0.15) is 44.1 Å². The lowest BCUT2D eigenvalue weighted by atomic mass is 9.88. The zero-order valence-corrected chi connectivity index (χ0v) is 13.2. The van der Waals surface area contributed by atoms with Crippen LogP contribution in [0, 0.1) is 0 Å². The van der Waals surface area contributed by atoms with Crippen LogP contribution in [0.3, 0.4) is 0 Å². The summed E-state index contributed by atoms with van der Waals surface area (Å²) in [6.07, 6.45) is 5.97. The van der Waals surface area contributed by atoms with E-state index in [4.69, 9.17) is 9.15 Å². The molecule has 0 bridgehead atoms. The van der Waals surface area contributed by atoms with E-state index in [1.165, 1.54) is 25.9 Å². The van der Waals surface area contributed by atoms with Gasteiger partial charge in [0.15, 0.2) is 0 Å². The Labute approximate surface area is 127 Å². The maximum absolute atomic E-state index is 5.78. The van der Waals surface area contributed by atoms with Crippen molar-refractivity contribution < 1.29 is 9.15 Å². The van der Waals surface area contributed by atoms with E-state index in [1.54, 1.807) is 0 Å². The van der Waals surface area contributed by atoms with Gasteiger partial charge in [-0.1, -0.05) is 6.92 Å². The number of nitrogens with zero attached hydrogens (tertiary/aromatic N) is 1. The van der Waals surface area contributed by atoms with Gasteiger partial charge in [-0.3, -0.25) is 4.90 Å². The number of aryl methyl sites for hydroxylation is 1. The number of likely N-dealkylation sites (tertiary alicyclic amines) is 1. The Morgan fingerprint density at radius 3 is 2.52 bits per heavy atom. The van der Waals surface area contributed by atoms with E-state index in [9.17, 15) is 0 Å². The lowest BCUT2D eigenvalue weighted by Crippen LogP contribution is -2.56. The minimum absolute atomic E-state index is 0.301. The number of ether oxygens (including phenoxy) is 1. The molecule has 0 aliphatic carbocycles. The average molecular weight is 292 g/mol. The van der Waals surface area contributed by atoms with Gasteiger partial charge in [-0.05, 0) is 50.9 Å². The van der Waals surface area contributed by atoms with Crippen LogP contribution in [0.2, 0.25) is 0 Å². The zero-order valence-electron chi connectivity index (χ0n) is 13.2. The predicted molar refractivity (Wildman–Crippen MR) is 83.4 cm³/mol. The highest BCUT2D eigenvalue weighted by Crippen LogP contribution is 2.30. The van der Waals surface area contributed by atoms with Crippen molar-refractivity contribution in [3.8, 4) is 0 Å². The average Bonchev–Trinajstić information content (AvgIpc) is 3.20. The van der Waals surface area contributed by atoms with Gasteiger partial charge >= 0.3 is 0 Å². The molecule has 4 nitrogen and oxygen atoms in total. The standard InChI is InChI=1S/C17H28N2O2/c1-2-15-5-6-16(21-15)13-18-14-17(7-11-20-12-8-17)19-9-3-4-10-19/h5-6,18H,2-4,7-14H2,1H3. The number of hydrogen-bond acceptors (Lipinski definition) is 4. The van der Waals surface area contributed by atoms with Gasteiger partial charge in [0.2, 0.25) is 0 Å². The van der Waals surface area contributed by atoms with E-state index < -0.39 is 0 Å². The highest BCUT2D eigenvalue weighted by atomic mass is 16.5. The van der Waals surface area contributed by atoms with Crippen molar-refractivity contribution >= 4 is 0 Å². The van der Waals surface area contributed by atoms with Gasteiger partial charge < -0.3 is 14.5 Å². The molecule has 3 heterocycles. The van der Waals surface area contributed by atoms with Gasteiger partial charge in [0.1, 0.15) is 11.5 Å². The summed E-state index contributed by atoms with van der Waals surface area (Å²) in [7, 11) is 0. The Kier molecular flexibility index (Phi) is 4.99. The van der Waals surface area contributed by atoms with Crippen molar-refractivity contribution in [2.24, 2.45) is 0 Å². The maximum atomic E-state index is 5.78. The summed E-state index contributed by atoms with van der Waals surface area (Å²) in [4.78, 5) is 2.70. The molecule has 2 aliphatic rings. The maximum Gasteiger partial charge on any atom is 0.117 e. The number of rotatable bonds is 6. The molecule has 2 saturated heterocycles. The van der Waals surface area contributed by atoms with Crippen LogP contribution < -0.4 is 5.32 Å². The molecule has 0 amide bonds.